The number of rotatable bonds is 2. The van der Waals surface area contributed by atoms with Crippen LogP contribution in [-0.2, 0) is 4.74 Å². The summed E-state index contributed by atoms with van der Waals surface area (Å²) < 4.78 is 5.54. The smallest absolute Gasteiger partial charge is 0.121 e. The third-order valence-corrected chi connectivity index (χ3v) is 3.73. The molecule has 1 saturated carbocycles. The molecule has 0 spiro atoms. The first-order valence-electron chi connectivity index (χ1n) is 4.95. The van der Waals surface area contributed by atoms with Crippen LogP contribution in [0.15, 0.2) is 35.4 Å². The largest absolute Gasteiger partial charge is 0.489 e. The van der Waals surface area contributed by atoms with Crippen LogP contribution in [0.1, 0.15) is 17.7 Å². The van der Waals surface area contributed by atoms with E-state index < -0.39 is 0 Å². The minimum absolute atomic E-state index is 0.775. The van der Waals surface area contributed by atoms with E-state index in [1.165, 1.54) is 28.9 Å². The molecule has 1 aliphatic carbocycles. The average Bonchev–Trinajstić information content (AvgIpc) is 2.75. The fourth-order valence-corrected chi connectivity index (χ4v) is 2.78. The lowest BCUT2D eigenvalue weighted by molar-refractivity contribution is 0.272. The van der Waals surface area contributed by atoms with Gasteiger partial charge in [-0.1, -0.05) is 12.6 Å². The van der Waals surface area contributed by atoms with Gasteiger partial charge in [0, 0.05) is 10.5 Å². The Hall–Kier alpha value is -1.02. The van der Waals surface area contributed by atoms with Crippen LogP contribution in [0, 0.1) is 5.92 Å². The highest BCUT2D eigenvalue weighted by atomic mass is 32.1. The number of hydrogen-bond donors (Lipinski definition) is 0. The van der Waals surface area contributed by atoms with Gasteiger partial charge in [-0.05, 0) is 35.8 Å². The van der Waals surface area contributed by atoms with Crippen LogP contribution in [0.5, 0.6) is 0 Å². The van der Waals surface area contributed by atoms with Gasteiger partial charge in [-0.2, -0.15) is 0 Å². The van der Waals surface area contributed by atoms with Crippen LogP contribution < -0.4 is 0 Å². The Morgan fingerprint density at radius 3 is 2.93 bits per heavy atom. The summed E-state index contributed by atoms with van der Waals surface area (Å²) in [5.74, 6) is 1.65. The van der Waals surface area contributed by atoms with Gasteiger partial charge in [0.25, 0.3) is 0 Å². The molecule has 1 aliphatic heterocycles. The second-order valence-electron chi connectivity index (χ2n) is 3.86. The number of allylic oxidation sites excluding steroid dienone is 1. The highest BCUT2D eigenvalue weighted by Gasteiger charge is 2.33. The summed E-state index contributed by atoms with van der Waals surface area (Å²) in [5.41, 5.74) is 2.78. The zero-order valence-electron chi connectivity index (χ0n) is 7.95. The Kier molecular flexibility index (Phi) is 1.77. The molecule has 1 aromatic heterocycles. The monoisotopic (exact) mass is 204 g/mol. The minimum atomic E-state index is 0.775. The van der Waals surface area contributed by atoms with Gasteiger partial charge in [0.15, 0.2) is 0 Å². The highest BCUT2D eigenvalue weighted by molar-refractivity contribution is 7.11. The topological polar surface area (TPSA) is 9.23 Å². The lowest BCUT2D eigenvalue weighted by atomic mass is 10.0. The first kappa shape index (κ1) is 8.30. The van der Waals surface area contributed by atoms with Crippen LogP contribution in [0.3, 0.4) is 0 Å². The lowest BCUT2D eigenvalue weighted by Gasteiger charge is -2.00. The third kappa shape index (κ3) is 1.22. The number of thiophene rings is 1. The zero-order chi connectivity index (χ0) is 9.54. The molecule has 2 heteroatoms. The van der Waals surface area contributed by atoms with Crippen LogP contribution in [-0.4, -0.2) is 6.61 Å². The Balaban J connectivity index is 2.08. The maximum atomic E-state index is 5.54. The van der Waals surface area contributed by atoms with Gasteiger partial charge >= 0.3 is 0 Å². The van der Waals surface area contributed by atoms with E-state index in [2.05, 4.69) is 24.1 Å². The van der Waals surface area contributed by atoms with Crippen LogP contribution >= 0.6 is 11.3 Å². The molecule has 2 aliphatic rings. The highest BCUT2D eigenvalue weighted by Crippen LogP contribution is 2.46. The predicted molar refractivity (Wildman–Crippen MR) is 59.1 cm³/mol. The SMILES string of the molecule is C=C1OCC(C2CC2)=C1c1cccs1. The molecule has 3 rings (SSSR count). The molecule has 0 saturated heterocycles. The van der Waals surface area contributed by atoms with E-state index in [-0.39, 0.29) is 0 Å². The van der Waals surface area contributed by atoms with Crippen molar-refractivity contribution >= 4 is 16.9 Å². The predicted octanol–water partition coefficient (Wildman–Crippen LogP) is 3.46. The van der Waals surface area contributed by atoms with Crippen molar-refractivity contribution in [2.45, 2.75) is 12.8 Å². The molecule has 0 atom stereocenters. The number of ether oxygens (including phenoxy) is 1. The van der Waals surface area contributed by atoms with E-state index in [9.17, 15) is 0 Å². The molecule has 1 aromatic rings. The fourth-order valence-electron chi connectivity index (χ4n) is 1.96. The Morgan fingerprint density at radius 1 is 1.43 bits per heavy atom. The van der Waals surface area contributed by atoms with E-state index in [4.69, 9.17) is 4.74 Å². The van der Waals surface area contributed by atoms with Crippen molar-refractivity contribution in [3.8, 4) is 0 Å². The lowest BCUT2D eigenvalue weighted by Crippen LogP contribution is -1.89. The first-order chi connectivity index (χ1) is 6.86. The quantitative estimate of drug-likeness (QED) is 0.717. The molecular formula is C12H12OS. The fraction of sp³-hybridized carbons (Fsp3) is 0.333. The van der Waals surface area contributed by atoms with Crippen molar-refractivity contribution in [2.24, 2.45) is 5.92 Å². The molecular weight excluding hydrogens is 192 g/mol. The second kappa shape index (κ2) is 2.99. The summed E-state index contributed by atoms with van der Waals surface area (Å²) in [4.78, 5) is 1.31. The van der Waals surface area contributed by atoms with Gasteiger partial charge in [-0.25, -0.2) is 0 Å². The van der Waals surface area contributed by atoms with Crippen molar-refractivity contribution in [1.29, 1.82) is 0 Å². The molecule has 0 amide bonds. The van der Waals surface area contributed by atoms with Gasteiger partial charge in [0.1, 0.15) is 12.4 Å². The van der Waals surface area contributed by atoms with E-state index >= 15 is 0 Å². The molecule has 0 N–H and O–H groups in total. The van der Waals surface area contributed by atoms with E-state index in [0.717, 1.165) is 18.3 Å². The maximum Gasteiger partial charge on any atom is 0.121 e. The Bertz CT molecular complexity index is 396. The van der Waals surface area contributed by atoms with E-state index in [0.29, 0.717) is 0 Å². The molecule has 0 radical (unpaired) electrons. The summed E-state index contributed by atoms with van der Waals surface area (Å²) in [7, 11) is 0. The van der Waals surface area contributed by atoms with Gasteiger partial charge in [-0.15, -0.1) is 11.3 Å². The van der Waals surface area contributed by atoms with Crippen LogP contribution in [0.4, 0.5) is 0 Å². The normalized spacial score (nSPS) is 21.6. The summed E-state index contributed by atoms with van der Waals surface area (Å²) in [6.45, 7) is 4.75. The van der Waals surface area contributed by atoms with Crippen molar-refractivity contribution in [1.82, 2.24) is 0 Å². The van der Waals surface area contributed by atoms with E-state index in [1.807, 2.05) is 0 Å². The van der Waals surface area contributed by atoms with Crippen molar-refractivity contribution < 1.29 is 4.74 Å². The standard InChI is InChI=1S/C12H12OS/c1-8-12(11-3-2-6-14-11)10(7-13-8)9-4-5-9/h2-3,6,9H,1,4-5,7H2. The third-order valence-electron chi connectivity index (χ3n) is 2.84. The van der Waals surface area contributed by atoms with Gasteiger partial charge in [-0.3, -0.25) is 0 Å². The van der Waals surface area contributed by atoms with Crippen LogP contribution in [0.25, 0.3) is 5.57 Å². The molecule has 0 unspecified atom stereocenters. The van der Waals surface area contributed by atoms with Crippen LogP contribution in [0.2, 0.25) is 0 Å². The minimum Gasteiger partial charge on any atom is -0.489 e. The van der Waals surface area contributed by atoms with Crippen molar-refractivity contribution in [3.63, 3.8) is 0 Å². The summed E-state index contributed by atoms with van der Waals surface area (Å²) in [6.07, 6.45) is 2.67. The first-order valence-corrected chi connectivity index (χ1v) is 5.83. The summed E-state index contributed by atoms with van der Waals surface area (Å²) in [6, 6.07) is 4.24. The number of hydrogen-bond acceptors (Lipinski definition) is 2. The molecule has 0 bridgehead atoms. The van der Waals surface area contributed by atoms with Gasteiger partial charge in [0.05, 0.1) is 0 Å². The van der Waals surface area contributed by atoms with Gasteiger partial charge in [0.2, 0.25) is 0 Å². The summed E-state index contributed by atoms with van der Waals surface area (Å²) in [5, 5.41) is 2.11. The van der Waals surface area contributed by atoms with E-state index in [1.54, 1.807) is 11.3 Å². The maximum absolute atomic E-state index is 5.54. The van der Waals surface area contributed by atoms with Crippen molar-refractivity contribution in [2.75, 3.05) is 6.61 Å². The molecule has 14 heavy (non-hydrogen) atoms. The zero-order valence-corrected chi connectivity index (χ0v) is 8.77. The molecule has 2 heterocycles. The molecule has 72 valence electrons. The van der Waals surface area contributed by atoms with Crippen molar-refractivity contribution in [3.05, 3.63) is 40.3 Å². The van der Waals surface area contributed by atoms with Gasteiger partial charge < -0.3 is 4.74 Å². The summed E-state index contributed by atoms with van der Waals surface area (Å²) >= 11 is 1.77. The molecule has 0 aromatic carbocycles. The Labute approximate surface area is 87.7 Å². The molecule has 1 fully saturated rings. The second-order valence-corrected chi connectivity index (χ2v) is 4.81. The molecule has 1 nitrogen and oxygen atoms in total. The Morgan fingerprint density at radius 2 is 2.29 bits per heavy atom. The average molecular weight is 204 g/mol.